The molecule has 3 rings (SSSR count). The third-order valence-corrected chi connectivity index (χ3v) is 5.58. The van der Waals surface area contributed by atoms with Gasteiger partial charge in [0.15, 0.2) is 0 Å². The number of benzene rings is 1. The first-order valence-electron chi connectivity index (χ1n) is 8.73. The minimum absolute atomic E-state index is 0.00943. The number of carbonyl (C=O) groups is 1. The minimum Gasteiger partial charge on any atom is -0.489 e. The van der Waals surface area contributed by atoms with Gasteiger partial charge in [0, 0.05) is 25.8 Å². The van der Waals surface area contributed by atoms with Crippen molar-refractivity contribution in [3.63, 3.8) is 0 Å². The van der Waals surface area contributed by atoms with Gasteiger partial charge in [-0.2, -0.15) is 0 Å². The Morgan fingerprint density at radius 3 is 2.88 bits per heavy atom. The van der Waals surface area contributed by atoms with Gasteiger partial charge in [-0.25, -0.2) is 4.98 Å². The van der Waals surface area contributed by atoms with Gasteiger partial charge >= 0.3 is 0 Å². The minimum atomic E-state index is -0.0449. The van der Waals surface area contributed by atoms with Gasteiger partial charge in [-0.15, -0.1) is 0 Å². The molecule has 1 aliphatic rings. The van der Waals surface area contributed by atoms with Crippen LogP contribution < -0.4 is 14.8 Å². The Morgan fingerprint density at radius 2 is 2.19 bits per heavy atom. The molecule has 1 atom stereocenters. The molecule has 1 heterocycles. The van der Waals surface area contributed by atoms with Crippen molar-refractivity contribution in [2.45, 2.75) is 51.9 Å². The van der Waals surface area contributed by atoms with E-state index in [1.807, 2.05) is 26.0 Å². The first kappa shape index (κ1) is 19.2. The normalized spacial score (nSPS) is 20.5. The van der Waals surface area contributed by atoms with E-state index >= 15 is 0 Å². The Morgan fingerprint density at radius 1 is 1.42 bits per heavy atom. The van der Waals surface area contributed by atoms with Crippen LogP contribution in [0, 0.1) is 0 Å². The first-order valence-corrected chi connectivity index (χ1v) is 9.93. The molecular formula is C18H23ClN2O4S. The van der Waals surface area contributed by atoms with Crippen LogP contribution in [0.1, 0.15) is 33.6 Å². The lowest BCUT2D eigenvalue weighted by atomic mass is 9.92. The summed E-state index contributed by atoms with van der Waals surface area (Å²) in [7, 11) is 0. The standard InChI is InChI=1S/C18H23ClN2O4S/c1-4-23-18-21-14-5-6-15(16(19)17(14)26-18)25-13-7-12(8-13)24-9-10(2)20-11(3)22/h5-6,10,12-13H,4,7-9H2,1-3H3,(H,20,22)/t10-,12-,13+/m0/s1. The predicted octanol–water partition coefficient (Wildman–Crippen LogP) is 3.80. The lowest BCUT2D eigenvalue weighted by Crippen LogP contribution is -2.42. The summed E-state index contributed by atoms with van der Waals surface area (Å²) in [6.07, 6.45) is 1.87. The van der Waals surface area contributed by atoms with Gasteiger partial charge in [0.25, 0.3) is 5.19 Å². The fourth-order valence-corrected chi connectivity index (χ4v) is 4.02. The monoisotopic (exact) mass is 398 g/mol. The summed E-state index contributed by atoms with van der Waals surface area (Å²) in [5.41, 5.74) is 0.817. The maximum Gasteiger partial charge on any atom is 0.274 e. The SMILES string of the molecule is CCOc1nc2ccc(O[C@H]3C[C@@H](OC[C@H](C)NC(C)=O)C3)c(Cl)c2s1. The smallest absolute Gasteiger partial charge is 0.274 e. The zero-order valence-corrected chi connectivity index (χ0v) is 16.7. The largest absolute Gasteiger partial charge is 0.489 e. The first-order chi connectivity index (χ1) is 12.5. The second-order valence-corrected chi connectivity index (χ2v) is 7.75. The van der Waals surface area contributed by atoms with Crippen LogP contribution in [0.3, 0.4) is 0 Å². The van der Waals surface area contributed by atoms with E-state index in [-0.39, 0.29) is 24.2 Å². The van der Waals surface area contributed by atoms with Crippen molar-refractivity contribution in [1.82, 2.24) is 10.3 Å². The number of amides is 1. The third-order valence-electron chi connectivity index (χ3n) is 4.09. The molecule has 1 saturated carbocycles. The Bertz CT molecular complexity index is 776. The van der Waals surface area contributed by atoms with Crippen LogP contribution in [0.5, 0.6) is 10.9 Å². The van der Waals surface area contributed by atoms with Crippen LogP contribution in [0.2, 0.25) is 5.02 Å². The van der Waals surface area contributed by atoms with Crippen LogP contribution >= 0.6 is 22.9 Å². The highest BCUT2D eigenvalue weighted by molar-refractivity contribution is 7.20. The van der Waals surface area contributed by atoms with E-state index in [1.54, 1.807) is 0 Å². The quantitative estimate of drug-likeness (QED) is 0.732. The lowest BCUT2D eigenvalue weighted by Gasteiger charge is -2.36. The Labute approximate surface area is 161 Å². The molecule has 0 bridgehead atoms. The predicted molar refractivity (Wildman–Crippen MR) is 102 cm³/mol. The molecule has 0 unspecified atom stereocenters. The van der Waals surface area contributed by atoms with Gasteiger partial charge in [-0.3, -0.25) is 4.79 Å². The Hall–Kier alpha value is -1.57. The highest BCUT2D eigenvalue weighted by Crippen LogP contribution is 2.40. The summed E-state index contributed by atoms with van der Waals surface area (Å²) < 4.78 is 18.1. The van der Waals surface area contributed by atoms with E-state index in [0.29, 0.717) is 29.2 Å². The molecule has 0 aliphatic heterocycles. The van der Waals surface area contributed by atoms with Crippen LogP contribution in [0.25, 0.3) is 10.2 Å². The summed E-state index contributed by atoms with van der Waals surface area (Å²) in [5, 5.41) is 4.00. The second kappa shape index (κ2) is 8.41. The maximum absolute atomic E-state index is 11.0. The molecule has 1 aromatic heterocycles. The van der Waals surface area contributed by atoms with E-state index in [1.165, 1.54) is 18.3 Å². The van der Waals surface area contributed by atoms with Crippen LogP contribution in [0.4, 0.5) is 0 Å². The number of rotatable bonds is 8. The highest BCUT2D eigenvalue weighted by Gasteiger charge is 2.32. The van der Waals surface area contributed by atoms with Gasteiger partial charge in [0.1, 0.15) is 16.9 Å². The molecule has 1 aliphatic carbocycles. The van der Waals surface area contributed by atoms with E-state index < -0.39 is 0 Å². The molecule has 142 valence electrons. The summed E-state index contributed by atoms with van der Waals surface area (Å²) in [6.45, 7) is 6.43. The zero-order chi connectivity index (χ0) is 18.7. The number of nitrogens with one attached hydrogen (secondary N) is 1. The number of aromatic nitrogens is 1. The third kappa shape index (κ3) is 4.58. The van der Waals surface area contributed by atoms with Crippen molar-refractivity contribution >= 4 is 39.1 Å². The van der Waals surface area contributed by atoms with Gasteiger partial charge in [0.05, 0.1) is 29.5 Å². The van der Waals surface area contributed by atoms with Crippen molar-refractivity contribution < 1.29 is 19.0 Å². The average molecular weight is 399 g/mol. The molecule has 8 heteroatoms. The van der Waals surface area contributed by atoms with E-state index in [0.717, 1.165) is 23.1 Å². The molecule has 0 spiro atoms. The Kier molecular flexibility index (Phi) is 6.21. The number of nitrogens with zero attached hydrogens (tertiary/aromatic N) is 1. The number of ether oxygens (including phenoxy) is 3. The lowest BCUT2D eigenvalue weighted by molar-refractivity contribution is -0.120. The van der Waals surface area contributed by atoms with Gasteiger partial charge in [-0.1, -0.05) is 22.9 Å². The summed E-state index contributed by atoms with van der Waals surface area (Å²) in [5.74, 6) is 0.623. The van der Waals surface area contributed by atoms with E-state index in [2.05, 4.69) is 10.3 Å². The molecule has 1 N–H and O–H groups in total. The second-order valence-electron chi connectivity index (χ2n) is 6.41. The number of carbonyl (C=O) groups excluding carboxylic acids is 1. The van der Waals surface area contributed by atoms with Gasteiger partial charge < -0.3 is 19.5 Å². The van der Waals surface area contributed by atoms with Crippen LogP contribution in [0.15, 0.2) is 12.1 Å². The summed E-state index contributed by atoms with van der Waals surface area (Å²) in [4.78, 5) is 15.4. The van der Waals surface area contributed by atoms with Crippen molar-refractivity contribution in [3.8, 4) is 10.9 Å². The fraction of sp³-hybridized carbons (Fsp3) is 0.556. The van der Waals surface area contributed by atoms with Crippen LogP contribution in [-0.2, 0) is 9.53 Å². The van der Waals surface area contributed by atoms with E-state index in [9.17, 15) is 4.79 Å². The van der Waals surface area contributed by atoms with Crippen molar-refractivity contribution in [3.05, 3.63) is 17.2 Å². The Balaban J connectivity index is 1.51. The summed E-state index contributed by atoms with van der Waals surface area (Å²) in [6, 6.07) is 3.76. The molecule has 0 radical (unpaired) electrons. The summed E-state index contributed by atoms with van der Waals surface area (Å²) >= 11 is 7.91. The zero-order valence-electron chi connectivity index (χ0n) is 15.1. The van der Waals surface area contributed by atoms with Gasteiger partial charge in [-0.05, 0) is 26.0 Å². The average Bonchev–Trinajstić information content (AvgIpc) is 2.94. The molecule has 2 aromatic rings. The van der Waals surface area contributed by atoms with Crippen molar-refractivity contribution in [2.24, 2.45) is 0 Å². The van der Waals surface area contributed by atoms with E-state index in [4.69, 9.17) is 25.8 Å². The number of thiazole rings is 1. The van der Waals surface area contributed by atoms with Crippen molar-refractivity contribution in [1.29, 1.82) is 0 Å². The van der Waals surface area contributed by atoms with Crippen molar-refractivity contribution in [2.75, 3.05) is 13.2 Å². The molecule has 0 saturated heterocycles. The maximum atomic E-state index is 11.0. The molecular weight excluding hydrogens is 376 g/mol. The fourth-order valence-electron chi connectivity index (χ4n) is 2.80. The number of halogens is 1. The van der Waals surface area contributed by atoms with Crippen LogP contribution in [-0.4, -0.2) is 42.4 Å². The molecule has 26 heavy (non-hydrogen) atoms. The van der Waals surface area contributed by atoms with Gasteiger partial charge in [0.2, 0.25) is 5.91 Å². The number of hydrogen-bond donors (Lipinski definition) is 1. The molecule has 1 aromatic carbocycles. The topological polar surface area (TPSA) is 69.7 Å². The highest BCUT2D eigenvalue weighted by atomic mass is 35.5. The molecule has 6 nitrogen and oxygen atoms in total. The molecule has 1 fully saturated rings. The number of hydrogen-bond acceptors (Lipinski definition) is 6. The number of fused-ring (bicyclic) bond motifs is 1. The molecule has 1 amide bonds.